The first-order chi connectivity index (χ1) is 10.3. The summed E-state index contributed by atoms with van der Waals surface area (Å²) in [6.07, 6.45) is 1.41. The third kappa shape index (κ3) is 4.59. The minimum atomic E-state index is -3.60. The summed E-state index contributed by atoms with van der Waals surface area (Å²) in [5.41, 5.74) is 0.861. The lowest BCUT2D eigenvalue weighted by Gasteiger charge is -2.24. The average Bonchev–Trinajstić information content (AvgIpc) is 2.85. The quantitative estimate of drug-likeness (QED) is 0.870. The molecule has 0 bridgehead atoms. The van der Waals surface area contributed by atoms with Gasteiger partial charge in [0.15, 0.2) is 6.61 Å². The second kappa shape index (κ2) is 6.85. The highest BCUT2D eigenvalue weighted by Gasteiger charge is 2.31. The summed E-state index contributed by atoms with van der Waals surface area (Å²) >= 11 is 5.93. The van der Waals surface area contributed by atoms with Crippen LogP contribution in [0.25, 0.3) is 0 Å². The molecule has 1 aliphatic heterocycles. The third-order valence-corrected chi connectivity index (χ3v) is 4.89. The van der Waals surface area contributed by atoms with E-state index in [1.54, 1.807) is 18.2 Å². The molecule has 6 nitrogen and oxygen atoms in total. The van der Waals surface area contributed by atoms with Crippen molar-refractivity contribution in [3.05, 3.63) is 28.8 Å². The normalized spacial score (nSPS) is 18.5. The number of rotatable bonds is 5. The fourth-order valence-corrected chi connectivity index (χ4v) is 3.54. The predicted octanol–water partition coefficient (Wildman–Crippen LogP) is 1.31. The lowest BCUT2D eigenvalue weighted by Crippen LogP contribution is -2.43. The van der Waals surface area contributed by atoms with Crippen molar-refractivity contribution >= 4 is 27.5 Å². The third-order valence-electron chi connectivity index (χ3n) is 3.61. The Morgan fingerprint density at radius 3 is 2.86 bits per heavy atom. The van der Waals surface area contributed by atoms with E-state index in [9.17, 15) is 13.2 Å². The predicted molar refractivity (Wildman–Crippen MR) is 84.4 cm³/mol. The second-order valence-electron chi connectivity index (χ2n) is 5.41. The summed E-state index contributed by atoms with van der Waals surface area (Å²) in [7, 11) is -3.60. The van der Waals surface area contributed by atoms with Crippen LogP contribution in [-0.4, -0.2) is 44.2 Å². The number of aryl methyl sites for hydroxylation is 1. The monoisotopic (exact) mass is 346 g/mol. The fourth-order valence-electron chi connectivity index (χ4n) is 2.54. The van der Waals surface area contributed by atoms with Gasteiger partial charge in [-0.15, -0.1) is 0 Å². The number of nitrogens with zero attached hydrogens (tertiary/aromatic N) is 1. The van der Waals surface area contributed by atoms with Crippen LogP contribution in [0.3, 0.4) is 0 Å². The Labute approximate surface area is 135 Å². The van der Waals surface area contributed by atoms with Crippen molar-refractivity contribution in [1.82, 2.24) is 4.90 Å². The minimum Gasteiger partial charge on any atom is -0.484 e. The largest absolute Gasteiger partial charge is 0.484 e. The van der Waals surface area contributed by atoms with Crippen molar-refractivity contribution in [2.24, 2.45) is 5.14 Å². The van der Waals surface area contributed by atoms with Crippen LogP contribution in [0.1, 0.15) is 18.4 Å². The van der Waals surface area contributed by atoms with E-state index >= 15 is 0 Å². The molecule has 2 rings (SSSR count). The van der Waals surface area contributed by atoms with Crippen LogP contribution in [0.4, 0.5) is 0 Å². The number of nitrogens with two attached hydrogens (primary N) is 1. The molecule has 0 saturated carbocycles. The van der Waals surface area contributed by atoms with Crippen LogP contribution in [0.5, 0.6) is 5.75 Å². The average molecular weight is 347 g/mol. The van der Waals surface area contributed by atoms with Gasteiger partial charge in [-0.05, 0) is 43.5 Å². The highest BCUT2D eigenvalue weighted by Crippen LogP contribution is 2.22. The number of primary sulfonamides is 1. The van der Waals surface area contributed by atoms with Crippen LogP contribution in [0, 0.1) is 6.92 Å². The van der Waals surface area contributed by atoms with Crippen molar-refractivity contribution in [3.8, 4) is 5.75 Å². The Kier molecular flexibility index (Phi) is 5.31. The number of halogens is 1. The van der Waals surface area contributed by atoms with E-state index in [0.717, 1.165) is 12.0 Å². The van der Waals surface area contributed by atoms with Gasteiger partial charge in [-0.2, -0.15) is 0 Å². The zero-order valence-electron chi connectivity index (χ0n) is 12.3. The zero-order chi connectivity index (χ0) is 16.3. The second-order valence-corrected chi connectivity index (χ2v) is 7.48. The Bertz CT molecular complexity index is 663. The molecular weight excluding hydrogens is 328 g/mol. The maximum atomic E-state index is 12.2. The van der Waals surface area contributed by atoms with E-state index in [0.29, 0.717) is 23.7 Å². The van der Waals surface area contributed by atoms with Crippen molar-refractivity contribution in [2.75, 3.05) is 18.9 Å². The van der Waals surface area contributed by atoms with Crippen molar-refractivity contribution in [1.29, 1.82) is 0 Å². The first-order valence-electron chi connectivity index (χ1n) is 6.95. The van der Waals surface area contributed by atoms with E-state index in [-0.39, 0.29) is 24.3 Å². The van der Waals surface area contributed by atoms with Gasteiger partial charge >= 0.3 is 0 Å². The summed E-state index contributed by atoms with van der Waals surface area (Å²) in [5, 5.41) is 5.69. The number of benzene rings is 1. The summed E-state index contributed by atoms with van der Waals surface area (Å²) in [6.45, 7) is 2.24. The molecule has 1 aromatic rings. The molecule has 0 aromatic heterocycles. The number of amides is 1. The highest BCUT2D eigenvalue weighted by molar-refractivity contribution is 7.89. The van der Waals surface area contributed by atoms with Crippen LogP contribution < -0.4 is 9.88 Å². The zero-order valence-corrected chi connectivity index (χ0v) is 13.9. The van der Waals surface area contributed by atoms with E-state index in [1.807, 2.05) is 6.92 Å². The van der Waals surface area contributed by atoms with Gasteiger partial charge in [0.2, 0.25) is 10.0 Å². The molecule has 1 aliphatic rings. The van der Waals surface area contributed by atoms with Crippen molar-refractivity contribution in [2.45, 2.75) is 25.8 Å². The summed E-state index contributed by atoms with van der Waals surface area (Å²) < 4.78 is 27.9. The summed E-state index contributed by atoms with van der Waals surface area (Å²) in [4.78, 5) is 13.7. The Hall–Kier alpha value is -1.31. The van der Waals surface area contributed by atoms with E-state index in [4.69, 9.17) is 21.5 Å². The van der Waals surface area contributed by atoms with Crippen LogP contribution >= 0.6 is 11.6 Å². The molecule has 2 N–H and O–H groups in total. The van der Waals surface area contributed by atoms with Gasteiger partial charge in [0.05, 0.1) is 5.75 Å². The lowest BCUT2D eigenvalue weighted by molar-refractivity contribution is -0.133. The Morgan fingerprint density at radius 1 is 1.50 bits per heavy atom. The molecule has 22 heavy (non-hydrogen) atoms. The van der Waals surface area contributed by atoms with Gasteiger partial charge in [-0.3, -0.25) is 4.79 Å². The summed E-state index contributed by atoms with van der Waals surface area (Å²) in [6, 6.07) is 4.78. The van der Waals surface area contributed by atoms with Gasteiger partial charge in [0.25, 0.3) is 5.91 Å². The number of hydrogen-bond donors (Lipinski definition) is 1. The molecule has 0 radical (unpaired) electrons. The molecule has 1 saturated heterocycles. The number of carbonyl (C=O) groups is 1. The summed E-state index contributed by atoms with van der Waals surface area (Å²) in [5.74, 6) is 0.106. The maximum Gasteiger partial charge on any atom is 0.260 e. The molecule has 0 unspecified atom stereocenters. The standard InChI is InChI=1S/C14H19ClN2O4S/c1-10-7-12(4-5-13(10)15)21-8-14(18)17-6-2-3-11(17)9-22(16,19)20/h4-5,7,11H,2-3,6,8-9H2,1H3,(H2,16,19,20)/t11-/m1/s1. The molecule has 1 amide bonds. The minimum absolute atomic E-state index is 0.137. The first-order valence-corrected chi connectivity index (χ1v) is 9.04. The van der Waals surface area contributed by atoms with Crippen LogP contribution in [-0.2, 0) is 14.8 Å². The molecule has 0 aliphatic carbocycles. The Balaban J connectivity index is 1.95. The van der Waals surface area contributed by atoms with Gasteiger partial charge in [0, 0.05) is 17.6 Å². The van der Waals surface area contributed by atoms with Gasteiger partial charge in [-0.1, -0.05) is 11.6 Å². The smallest absolute Gasteiger partial charge is 0.260 e. The van der Waals surface area contributed by atoms with E-state index in [2.05, 4.69) is 0 Å². The maximum absolute atomic E-state index is 12.2. The number of ether oxygens (including phenoxy) is 1. The molecule has 1 aromatic carbocycles. The van der Waals surface area contributed by atoms with Crippen LogP contribution in [0.2, 0.25) is 5.02 Å². The van der Waals surface area contributed by atoms with E-state index < -0.39 is 10.0 Å². The lowest BCUT2D eigenvalue weighted by atomic mass is 10.2. The van der Waals surface area contributed by atoms with Crippen LogP contribution in [0.15, 0.2) is 18.2 Å². The number of carbonyl (C=O) groups excluding carboxylic acids is 1. The number of hydrogen-bond acceptors (Lipinski definition) is 4. The molecule has 1 heterocycles. The highest BCUT2D eigenvalue weighted by atomic mass is 35.5. The fraction of sp³-hybridized carbons (Fsp3) is 0.500. The van der Waals surface area contributed by atoms with Crippen molar-refractivity contribution in [3.63, 3.8) is 0 Å². The molecule has 8 heteroatoms. The SMILES string of the molecule is Cc1cc(OCC(=O)N2CCC[C@@H]2CS(N)(=O)=O)ccc1Cl. The number of likely N-dealkylation sites (tertiary alicyclic amines) is 1. The molecule has 0 spiro atoms. The molecule has 1 fully saturated rings. The van der Waals surface area contributed by atoms with Gasteiger partial charge < -0.3 is 9.64 Å². The van der Waals surface area contributed by atoms with Gasteiger partial charge in [-0.25, -0.2) is 13.6 Å². The topological polar surface area (TPSA) is 89.7 Å². The molecule has 122 valence electrons. The first kappa shape index (κ1) is 17.1. The molecular formula is C14H19ClN2O4S. The van der Waals surface area contributed by atoms with Crippen molar-refractivity contribution < 1.29 is 17.9 Å². The number of sulfonamides is 1. The van der Waals surface area contributed by atoms with E-state index in [1.165, 1.54) is 4.90 Å². The Morgan fingerprint density at radius 2 is 2.23 bits per heavy atom. The molecule has 1 atom stereocenters. The van der Waals surface area contributed by atoms with Gasteiger partial charge in [0.1, 0.15) is 5.75 Å².